The second-order valence-electron chi connectivity index (χ2n) is 7.10. The lowest BCUT2D eigenvalue weighted by Crippen LogP contribution is -2.51. The summed E-state index contributed by atoms with van der Waals surface area (Å²) in [5.41, 5.74) is 1.36. The van der Waals surface area contributed by atoms with E-state index in [1.165, 1.54) is 9.58 Å². The van der Waals surface area contributed by atoms with Crippen LogP contribution >= 0.6 is 0 Å². The van der Waals surface area contributed by atoms with Crippen molar-refractivity contribution >= 4 is 17.6 Å². The number of nitrogens with zero attached hydrogens (tertiary/aromatic N) is 4. The maximum atomic E-state index is 12.6. The molecular formula is C18H24N6O4. The highest BCUT2D eigenvalue weighted by atomic mass is 16.5. The van der Waals surface area contributed by atoms with Gasteiger partial charge in [0.05, 0.1) is 17.9 Å². The van der Waals surface area contributed by atoms with Gasteiger partial charge in [-0.1, -0.05) is 0 Å². The Morgan fingerprint density at radius 2 is 1.86 bits per heavy atom. The van der Waals surface area contributed by atoms with Gasteiger partial charge in [-0.15, -0.1) is 0 Å². The predicted molar refractivity (Wildman–Crippen MR) is 101 cm³/mol. The van der Waals surface area contributed by atoms with Crippen molar-refractivity contribution in [1.82, 2.24) is 24.6 Å². The van der Waals surface area contributed by atoms with Crippen molar-refractivity contribution in [2.75, 3.05) is 18.4 Å². The fourth-order valence-corrected chi connectivity index (χ4v) is 3.14. The van der Waals surface area contributed by atoms with Crippen LogP contribution < -0.4 is 10.9 Å². The number of carbonyl (C=O) groups is 2. The van der Waals surface area contributed by atoms with Gasteiger partial charge in [0.25, 0.3) is 5.56 Å². The average Bonchev–Trinajstić information content (AvgIpc) is 2.97. The Bertz CT molecular complexity index is 969. The molecule has 2 atom stereocenters. The Kier molecular flexibility index (Phi) is 5.32. The van der Waals surface area contributed by atoms with Crippen molar-refractivity contribution in [2.45, 2.75) is 46.8 Å². The summed E-state index contributed by atoms with van der Waals surface area (Å²) in [6.45, 7) is 9.53. The molecule has 2 N–H and O–H groups in total. The number of nitrogens with one attached hydrogen (secondary N) is 2. The van der Waals surface area contributed by atoms with E-state index in [9.17, 15) is 14.4 Å². The van der Waals surface area contributed by atoms with E-state index in [2.05, 4.69) is 20.4 Å². The normalized spacial score (nSPS) is 19.5. The zero-order valence-corrected chi connectivity index (χ0v) is 16.6. The van der Waals surface area contributed by atoms with E-state index in [4.69, 9.17) is 4.74 Å². The Morgan fingerprint density at radius 1 is 1.21 bits per heavy atom. The van der Waals surface area contributed by atoms with Crippen LogP contribution in [0.2, 0.25) is 0 Å². The van der Waals surface area contributed by atoms with E-state index in [0.29, 0.717) is 30.0 Å². The summed E-state index contributed by atoms with van der Waals surface area (Å²) in [5, 5.41) is 6.84. The van der Waals surface area contributed by atoms with Gasteiger partial charge in [-0.2, -0.15) is 9.78 Å². The molecule has 2 aromatic rings. The van der Waals surface area contributed by atoms with Gasteiger partial charge in [-0.05, 0) is 34.6 Å². The van der Waals surface area contributed by atoms with Crippen molar-refractivity contribution < 1.29 is 14.3 Å². The van der Waals surface area contributed by atoms with E-state index in [-0.39, 0.29) is 29.5 Å². The summed E-state index contributed by atoms with van der Waals surface area (Å²) in [4.78, 5) is 45.6. The molecule has 1 fully saturated rings. The van der Waals surface area contributed by atoms with Crippen LogP contribution in [0.5, 0.6) is 0 Å². The first-order valence-electron chi connectivity index (χ1n) is 9.06. The number of aryl methyl sites for hydroxylation is 2. The van der Waals surface area contributed by atoms with E-state index in [1.807, 2.05) is 13.8 Å². The minimum atomic E-state index is -0.784. The Hall–Kier alpha value is -3.01. The van der Waals surface area contributed by atoms with Crippen LogP contribution in [0.4, 0.5) is 5.82 Å². The van der Waals surface area contributed by atoms with Gasteiger partial charge in [0.1, 0.15) is 5.82 Å². The van der Waals surface area contributed by atoms with E-state index < -0.39 is 11.8 Å². The maximum absolute atomic E-state index is 12.6. The zero-order chi connectivity index (χ0) is 20.6. The lowest BCUT2D eigenvalue weighted by atomic mass is 10.2. The van der Waals surface area contributed by atoms with Gasteiger partial charge in [-0.25, -0.2) is 4.98 Å². The summed E-state index contributed by atoms with van der Waals surface area (Å²) in [6, 6.07) is 1.60. The molecule has 1 aliphatic rings. The van der Waals surface area contributed by atoms with Crippen LogP contribution in [0, 0.1) is 20.8 Å². The molecule has 3 rings (SSSR count). The number of hydrogen-bond acceptors (Lipinski definition) is 6. The highest BCUT2D eigenvalue weighted by Gasteiger charge is 2.30. The molecule has 28 heavy (non-hydrogen) atoms. The molecule has 2 aromatic heterocycles. The maximum Gasteiger partial charge on any atom is 0.315 e. The van der Waals surface area contributed by atoms with Crippen LogP contribution in [0.15, 0.2) is 10.9 Å². The van der Waals surface area contributed by atoms with Gasteiger partial charge in [0.15, 0.2) is 0 Å². The summed E-state index contributed by atoms with van der Waals surface area (Å²) < 4.78 is 6.90. The monoisotopic (exact) mass is 388 g/mol. The largest absolute Gasteiger partial charge is 0.372 e. The zero-order valence-electron chi connectivity index (χ0n) is 16.6. The molecular weight excluding hydrogens is 364 g/mol. The number of morpholine rings is 1. The lowest BCUT2D eigenvalue weighted by molar-refractivity contribution is -0.151. The fourth-order valence-electron chi connectivity index (χ4n) is 3.14. The Balaban J connectivity index is 1.84. The molecule has 10 nitrogen and oxygen atoms in total. The lowest BCUT2D eigenvalue weighted by Gasteiger charge is -2.34. The smallest absolute Gasteiger partial charge is 0.315 e. The second kappa shape index (κ2) is 7.55. The number of anilines is 1. The number of carbonyl (C=O) groups excluding carboxylic acids is 2. The highest BCUT2D eigenvalue weighted by Crippen LogP contribution is 2.16. The second-order valence-corrected chi connectivity index (χ2v) is 7.10. The van der Waals surface area contributed by atoms with Crippen LogP contribution in [-0.2, 0) is 14.3 Å². The summed E-state index contributed by atoms with van der Waals surface area (Å²) in [5.74, 6) is -1.02. The SMILES string of the molecule is Cc1cc(NC(=O)C(=O)N2CC(C)OC(C)C2)n(-c2nc(C)c(C)c(=O)[nH]2)n1. The number of aromatic amines is 1. The van der Waals surface area contributed by atoms with Gasteiger partial charge < -0.3 is 15.0 Å². The summed E-state index contributed by atoms with van der Waals surface area (Å²) >= 11 is 0. The number of H-pyrrole nitrogens is 1. The van der Waals surface area contributed by atoms with Crippen molar-refractivity contribution in [3.8, 4) is 5.95 Å². The molecule has 0 saturated carbocycles. The van der Waals surface area contributed by atoms with Crippen LogP contribution in [-0.4, -0.2) is 61.8 Å². The van der Waals surface area contributed by atoms with Crippen molar-refractivity contribution in [3.05, 3.63) is 33.4 Å². The molecule has 0 spiro atoms. The summed E-state index contributed by atoms with van der Waals surface area (Å²) in [6.07, 6.45) is -0.281. The third-order valence-electron chi connectivity index (χ3n) is 4.56. The van der Waals surface area contributed by atoms with E-state index in [0.717, 1.165) is 0 Å². The van der Waals surface area contributed by atoms with Gasteiger partial charge in [0, 0.05) is 30.4 Å². The number of aromatic nitrogens is 4. The molecule has 150 valence electrons. The molecule has 2 amide bonds. The third kappa shape index (κ3) is 3.96. The van der Waals surface area contributed by atoms with Gasteiger partial charge >= 0.3 is 11.8 Å². The fraction of sp³-hybridized carbons (Fsp3) is 0.500. The number of ether oxygens (including phenoxy) is 1. The van der Waals surface area contributed by atoms with E-state index in [1.54, 1.807) is 26.8 Å². The minimum absolute atomic E-state index is 0.141. The van der Waals surface area contributed by atoms with Gasteiger partial charge in [-0.3, -0.25) is 19.4 Å². The average molecular weight is 388 g/mol. The molecule has 0 radical (unpaired) electrons. The molecule has 1 aliphatic heterocycles. The molecule has 2 unspecified atom stereocenters. The Labute approximate surface area is 161 Å². The topological polar surface area (TPSA) is 122 Å². The van der Waals surface area contributed by atoms with Crippen LogP contribution in [0.3, 0.4) is 0 Å². The first-order chi connectivity index (χ1) is 13.2. The van der Waals surface area contributed by atoms with Crippen molar-refractivity contribution in [3.63, 3.8) is 0 Å². The number of rotatable bonds is 2. The number of amides is 2. The number of hydrogen-bond donors (Lipinski definition) is 2. The molecule has 1 saturated heterocycles. The van der Waals surface area contributed by atoms with Crippen LogP contribution in [0.1, 0.15) is 30.8 Å². The molecule has 0 bridgehead atoms. The summed E-state index contributed by atoms with van der Waals surface area (Å²) in [7, 11) is 0. The third-order valence-corrected chi connectivity index (χ3v) is 4.56. The minimum Gasteiger partial charge on any atom is -0.372 e. The molecule has 0 aromatic carbocycles. The quantitative estimate of drug-likeness (QED) is 0.721. The van der Waals surface area contributed by atoms with Crippen molar-refractivity contribution in [2.24, 2.45) is 0 Å². The predicted octanol–water partition coefficient (Wildman–Crippen LogP) is 0.455. The highest BCUT2D eigenvalue weighted by molar-refractivity contribution is 6.39. The Morgan fingerprint density at radius 3 is 2.46 bits per heavy atom. The van der Waals surface area contributed by atoms with Crippen molar-refractivity contribution in [1.29, 1.82) is 0 Å². The van der Waals surface area contributed by atoms with Gasteiger partial charge in [0.2, 0.25) is 5.95 Å². The van der Waals surface area contributed by atoms with E-state index >= 15 is 0 Å². The molecule has 10 heteroatoms. The van der Waals surface area contributed by atoms with Crippen LogP contribution in [0.25, 0.3) is 5.95 Å². The standard InChI is InChI=1S/C18H24N6O4/c1-9-6-14(24(22-9)18-19-13(5)12(4)15(25)21-18)20-16(26)17(27)23-7-10(2)28-11(3)8-23/h6,10-11H,7-8H2,1-5H3,(H,20,26)(H,19,21,25). The molecule has 3 heterocycles. The first-order valence-corrected chi connectivity index (χ1v) is 9.06. The first kappa shape index (κ1) is 19.7. The molecule has 0 aliphatic carbocycles.